The minimum atomic E-state index is -1.39. The largest absolute Gasteiger partial charge is 0.397 e. The highest BCUT2D eigenvalue weighted by atomic mass is 28.3. The van der Waals surface area contributed by atoms with E-state index in [1.54, 1.807) is 0 Å². The van der Waals surface area contributed by atoms with Crippen LogP contribution in [-0.2, 0) is 8.85 Å². The summed E-state index contributed by atoms with van der Waals surface area (Å²) in [7, 11) is -1.39. The molecule has 0 radical (unpaired) electrons. The Morgan fingerprint density at radius 2 is 1.73 bits per heavy atom. The fourth-order valence-corrected chi connectivity index (χ4v) is 2.47. The van der Waals surface area contributed by atoms with Crippen molar-refractivity contribution in [2.75, 3.05) is 13.2 Å². The van der Waals surface area contributed by atoms with Gasteiger partial charge in [0, 0.05) is 19.3 Å². The number of rotatable bonds is 6. The second-order valence-corrected chi connectivity index (χ2v) is 4.44. The van der Waals surface area contributed by atoms with Crippen molar-refractivity contribution in [1.82, 2.24) is 0 Å². The zero-order valence-electron chi connectivity index (χ0n) is 7.72. The van der Waals surface area contributed by atoms with E-state index in [4.69, 9.17) is 8.85 Å². The van der Waals surface area contributed by atoms with Crippen molar-refractivity contribution < 1.29 is 8.85 Å². The normalized spacial score (nSPS) is 10.5. The summed E-state index contributed by atoms with van der Waals surface area (Å²) in [4.78, 5) is 0. The summed E-state index contributed by atoms with van der Waals surface area (Å²) < 4.78 is 10.9. The third-order valence-corrected chi connectivity index (χ3v) is 3.66. The van der Waals surface area contributed by atoms with Crippen molar-refractivity contribution in [1.29, 1.82) is 0 Å². The molecule has 11 heavy (non-hydrogen) atoms. The zero-order valence-corrected chi connectivity index (χ0v) is 8.88. The van der Waals surface area contributed by atoms with E-state index in [0.29, 0.717) is 0 Å². The first kappa shape index (κ1) is 10.9. The van der Waals surface area contributed by atoms with Crippen LogP contribution in [-0.4, -0.2) is 22.5 Å². The van der Waals surface area contributed by atoms with Gasteiger partial charge in [0.1, 0.15) is 0 Å². The van der Waals surface area contributed by atoms with E-state index in [1.807, 2.05) is 20.8 Å². The second kappa shape index (κ2) is 6.58. The molecule has 0 unspecified atom stereocenters. The second-order valence-electron chi connectivity index (χ2n) is 2.50. The number of hydrogen-bond acceptors (Lipinski definition) is 2. The van der Waals surface area contributed by atoms with Crippen molar-refractivity contribution in [3.8, 4) is 0 Å². The molecule has 0 N–H and O–H groups in total. The van der Waals surface area contributed by atoms with Gasteiger partial charge in [-0.25, -0.2) is 0 Å². The first-order valence-corrected chi connectivity index (χ1v) is 5.84. The summed E-state index contributed by atoms with van der Waals surface area (Å²) in [5, 5.41) is 0. The monoisotopic (exact) mass is 174 g/mol. The van der Waals surface area contributed by atoms with Crippen LogP contribution >= 0.6 is 0 Å². The van der Waals surface area contributed by atoms with Gasteiger partial charge in [0.15, 0.2) is 0 Å². The van der Waals surface area contributed by atoms with Crippen LogP contribution in [0.1, 0.15) is 20.8 Å². The molecule has 0 fully saturated rings. The highest BCUT2D eigenvalue weighted by Gasteiger charge is 2.10. The van der Waals surface area contributed by atoms with Crippen molar-refractivity contribution in [2.24, 2.45) is 0 Å². The lowest BCUT2D eigenvalue weighted by Crippen LogP contribution is -2.22. The summed E-state index contributed by atoms with van der Waals surface area (Å²) >= 11 is 0. The van der Waals surface area contributed by atoms with Gasteiger partial charge in [-0.3, -0.25) is 0 Å². The summed E-state index contributed by atoms with van der Waals surface area (Å²) in [5.41, 5.74) is 1.16. The molecule has 66 valence electrons. The fraction of sp³-hybridized carbons (Fsp3) is 0.750. The van der Waals surface area contributed by atoms with Crippen LogP contribution in [0.5, 0.6) is 0 Å². The average Bonchev–Trinajstić information content (AvgIpc) is 1.87. The lowest BCUT2D eigenvalue weighted by Gasteiger charge is -2.13. The zero-order chi connectivity index (χ0) is 8.69. The molecule has 0 spiro atoms. The summed E-state index contributed by atoms with van der Waals surface area (Å²) in [6.07, 6.45) is 0. The van der Waals surface area contributed by atoms with Crippen molar-refractivity contribution in [2.45, 2.75) is 26.8 Å². The van der Waals surface area contributed by atoms with Crippen LogP contribution in [0.4, 0.5) is 0 Å². The Labute approximate surface area is 71.1 Å². The maximum Gasteiger partial charge on any atom is 0.325 e. The first-order valence-electron chi connectivity index (χ1n) is 4.08. The van der Waals surface area contributed by atoms with Crippen molar-refractivity contribution >= 4 is 9.28 Å². The van der Waals surface area contributed by atoms with Gasteiger partial charge in [0.25, 0.3) is 0 Å². The molecule has 2 nitrogen and oxygen atoms in total. The Bertz CT molecular complexity index is 109. The molecule has 0 aliphatic carbocycles. The lowest BCUT2D eigenvalue weighted by molar-refractivity contribution is 0.215. The highest BCUT2D eigenvalue weighted by Crippen LogP contribution is 2.04. The molecule has 0 aromatic carbocycles. The topological polar surface area (TPSA) is 18.5 Å². The Hall–Kier alpha value is -0.123. The first-order chi connectivity index (χ1) is 5.20. The van der Waals surface area contributed by atoms with Gasteiger partial charge in [-0.15, -0.1) is 6.58 Å². The third-order valence-electron chi connectivity index (χ3n) is 1.22. The van der Waals surface area contributed by atoms with Gasteiger partial charge in [-0.05, 0) is 20.8 Å². The molecule has 0 aliphatic rings. The quantitative estimate of drug-likeness (QED) is 0.452. The smallest absolute Gasteiger partial charge is 0.325 e. The van der Waals surface area contributed by atoms with Crippen molar-refractivity contribution in [3.05, 3.63) is 12.2 Å². The maximum absolute atomic E-state index is 5.45. The van der Waals surface area contributed by atoms with Crippen LogP contribution in [0.2, 0.25) is 6.04 Å². The molecule has 0 aromatic rings. The molecule has 0 atom stereocenters. The van der Waals surface area contributed by atoms with Gasteiger partial charge in [-0.1, -0.05) is 5.57 Å². The molecular weight excluding hydrogens is 156 g/mol. The highest BCUT2D eigenvalue weighted by molar-refractivity contribution is 6.45. The van der Waals surface area contributed by atoms with Gasteiger partial charge in [-0.2, -0.15) is 0 Å². The van der Waals surface area contributed by atoms with E-state index in [2.05, 4.69) is 6.58 Å². The Balaban J connectivity index is 3.59. The Morgan fingerprint density at radius 1 is 1.27 bits per heavy atom. The van der Waals surface area contributed by atoms with Crippen LogP contribution in [0.15, 0.2) is 12.2 Å². The predicted octanol–water partition coefficient (Wildman–Crippen LogP) is 1.86. The van der Waals surface area contributed by atoms with Crippen molar-refractivity contribution in [3.63, 3.8) is 0 Å². The molecule has 0 amide bonds. The average molecular weight is 174 g/mol. The predicted molar refractivity (Wildman–Crippen MR) is 50.0 cm³/mol. The van der Waals surface area contributed by atoms with Gasteiger partial charge < -0.3 is 8.85 Å². The van der Waals surface area contributed by atoms with Gasteiger partial charge in [0.2, 0.25) is 0 Å². The summed E-state index contributed by atoms with van der Waals surface area (Å²) in [5.74, 6) is 0. The molecule has 0 saturated carbocycles. The van der Waals surface area contributed by atoms with Gasteiger partial charge in [0.05, 0.1) is 0 Å². The standard InChI is InChI=1S/C8H18O2Si/c1-5-9-11(10-6-2)7-8(3)4/h11H,3,5-7H2,1-2,4H3. The van der Waals surface area contributed by atoms with E-state index < -0.39 is 9.28 Å². The third kappa shape index (κ3) is 6.28. The Morgan fingerprint density at radius 3 is 2.00 bits per heavy atom. The molecule has 0 rings (SSSR count). The molecule has 0 aliphatic heterocycles. The van der Waals surface area contributed by atoms with E-state index in [9.17, 15) is 0 Å². The summed E-state index contributed by atoms with van der Waals surface area (Å²) in [6.45, 7) is 11.3. The lowest BCUT2D eigenvalue weighted by atomic mass is 10.4. The van der Waals surface area contributed by atoms with E-state index >= 15 is 0 Å². The Kier molecular flexibility index (Phi) is 6.50. The van der Waals surface area contributed by atoms with Crippen LogP contribution in [0.3, 0.4) is 0 Å². The molecular formula is C8H18O2Si. The fourth-order valence-electron chi connectivity index (χ4n) is 0.822. The van der Waals surface area contributed by atoms with E-state index in [0.717, 1.165) is 24.8 Å². The van der Waals surface area contributed by atoms with E-state index in [1.165, 1.54) is 0 Å². The maximum atomic E-state index is 5.45. The SMILES string of the molecule is C=C(C)C[SiH](OCC)OCC. The molecule has 0 aromatic heterocycles. The molecule has 0 heterocycles. The molecule has 0 saturated heterocycles. The number of hydrogen-bond donors (Lipinski definition) is 0. The van der Waals surface area contributed by atoms with E-state index in [-0.39, 0.29) is 0 Å². The van der Waals surface area contributed by atoms with Crippen LogP contribution < -0.4 is 0 Å². The van der Waals surface area contributed by atoms with Gasteiger partial charge >= 0.3 is 9.28 Å². The van der Waals surface area contributed by atoms with Crippen LogP contribution in [0.25, 0.3) is 0 Å². The minimum Gasteiger partial charge on any atom is -0.397 e. The molecule has 0 bridgehead atoms. The molecule has 3 heteroatoms. The minimum absolute atomic E-state index is 0.754. The summed E-state index contributed by atoms with van der Waals surface area (Å²) in [6, 6.07) is 0.932. The van der Waals surface area contributed by atoms with Crippen LogP contribution in [0, 0.1) is 0 Å². The number of allylic oxidation sites excluding steroid dienone is 1.